The standard InChI is InChI=1S/C18H26N4O2/c1-3-5-18(23)19-14-6-7-16-15(12-14)20-17-13-21(8-4-11-24-2)9-10-22(16)17/h6-7,12H,3-5,8-11,13H2,1-2H3,(H,19,23). The van der Waals surface area contributed by atoms with E-state index in [1.807, 2.05) is 19.1 Å². The lowest BCUT2D eigenvalue weighted by atomic mass is 10.2. The van der Waals surface area contributed by atoms with Crippen LogP contribution in [0.4, 0.5) is 5.69 Å². The quantitative estimate of drug-likeness (QED) is 0.793. The number of benzene rings is 1. The van der Waals surface area contributed by atoms with Gasteiger partial charge in [-0.3, -0.25) is 9.69 Å². The van der Waals surface area contributed by atoms with E-state index in [4.69, 9.17) is 9.72 Å². The van der Waals surface area contributed by atoms with Crippen molar-refractivity contribution in [3.05, 3.63) is 24.0 Å². The van der Waals surface area contributed by atoms with E-state index in [0.29, 0.717) is 6.42 Å². The molecule has 1 aromatic heterocycles. The molecule has 24 heavy (non-hydrogen) atoms. The van der Waals surface area contributed by atoms with Crippen LogP contribution < -0.4 is 5.32 Å². The Morgan fingerprint density at radius 2 is 2.25 bits per heavy atom. The second-order valence-corrected chi connectivity index (χ2v) is 6.30. The number of methoxy groups -OCH3 is 1. The maximum absolute atomic E-state index is 11.8. The van der Waals surface area contributed by atoms with E-state index in [1.54, 1.807) is 7.11 Å². The molecule has 0 fully saturated rings. The zero-order chi connectivity index (χ0) is 16.9. The van der Waals surface area contributed by atoms with Crippen molar-refractivity contribution in [3.8, 4) is 0 Å². The van der Waals surface area contributed by atoms with Gasteiger partial charge in [0.15, 0.2) is 0 Å². The van der Waals surface area contributed by atoms with Gasteiger partial charge in [-0.05, 0) is 31.0 Å². The average molecular weight is 330 g/mol. The molecule has 3 rings (SSSR count). The molecule has 1 N–H and O–H groups in total. The topological polar surface area (TPSA) is 59.4 Å². The zero-order valence-electron chi connectivity index (χ0n) is 14.5. The molecule has 6 nitrogen and oxygen atoms in total. The fourth-order valence-corrected chi connectivity index (χ4v) is 3.22. The summed E-state index contributed by atoms with van der Waals surface area (Å²) in [5, 5.41) is 2.95. The van der Waals surface area contributed by atoms with E-state index >= 15 is 0 Å². The zero-order valence-corrected chi connectivity index (χ0v) is 14.5. The second kappa shape index (κ2) is 7.77. The summed E-state index contributed by atoms with van der Waals surface area (Å²) in [6, 6.07) is 6.01. The molecule has 0 atom stereocenters. The average Bonchev–Trinajstić information content (AvgIpc) is 2.92. The van der Waals surface area contributed by atoms with E-state index in [1.165, 1.54) is 0 Å². The van der Waals surface area contributed by atoms with Gasteiger partial charge in [-0.1, -0.05) is 6.92 Å². The molecule has 1 aliphatic heterocycles. The van der Waals surface area contributed by atoms with Gasteiger partial charge in [0.25, 0.3) is 0 Å². The van der Waals surface area contributed by atoms with E-state index in [9.17, 15) is 4.79 Å². The van der Waals surface area contributed by atoms with E-state index < -0.39 is 0 Å². The summed E-state index contributed by atoms with van der Waals surface area (Å²) in [6.07, 6.45) is 2.45. The molecule has 2 heterocycles. The number of amides is 1. The highest BCUT2D eigenvalue weighted by Crippen LogP contribution is 2.24. The minimum absolute atomic E-state index is 0.0603. The minimum atomic E-state index is 0.0603. The molecule has 0 radical (unpaired) electrons. The number of fused-ring (bicyclic) bond motifs is 3. The number of anilines is 1. The first-order valence-corrected chi connectivity index (χ1v) is 8.71. The highest BCUT2D eigenvalue weighted by Gasteiger charge is 2.19. The van der Waals surface area contributed by atoms with Crippen LogP contribution >= 0.6 is 0 Å². The van der Waals surface area contributed by atoms with Crippen LogP contribution in [-0.2, 0) is 22.6 Å². The third kappa shape index (κ3) is 3.76. The minimum Gasteiger partial charge on any atom is -0.385 e. The van der Waals surface area contributed by atoms with Crippen molar-refractivity contribution < 1.29 is 9.53 Å². The first kappa shape index (κ1) is 16.9. The molecular weight excluding hydrogens is 304 g/mol. The van der Waals surface area contributed by atoms with Crippen LogP contribution in [0, 0.1) is 0 Å². The fourth-order valence-electron chi connectivity index (χ4n) is 3.22. The molecule has 0 spiro atoms. The predicted molar refractivity (Wildman–Crippen MR) is 95.0 cm³/mol. The summed E-state index contributed by atoms with van der Waals surface area (Å²) in [5.41, 5.74) is 2.93. The van der Waals surface area contributed by atoms with Gasteiger partial charge in [-0.25, -0.2) is 4.98 Å². The highest BCUT2D eigenvalue weighted by atomic mass is 16.5. The Kier molecular flexibility index (Phi) is 5.48. The molecule has 0 unspecified atom stereocenters. The van der Waals surface area contributed by atoms with Crippen LogP contribution in [0.1, 0.15) is 32.0 Å². The second-order valence-electron chi connectivity index (χ2n) is 6.30. The maximum Gasteiger partial charge on any atom is 0.224 e. The molecule has 0 bridgehead atoms. The van der Waals surface area contributed by atoms with Gasteiger partial charge < -0.3 is 14.6 Å². The number of nitrogens with one attached hydrogen (secondary N) is 1. The molecule has 0 aliphatic carbocycles. The van der Waals surface area contributed by atoms with Crippen molar-refractivity contribution in [2.45, 2.75) is 39.3 Å². The number of aromatic nitrogens is 2. The SMILES string of the molecule is CCCC(=O)Nc1ccc2c(c1)nc1n2CCN(CCCOC)C1. The normalized spacial score (nSPS) is 14.8. The molecule has 6 heteroatoms. The summed E-state index contributed by atoms with van der Waals surface area (Å²) in [5.74, 6) is 1.16. The van der Waals surface area contributed by atoms with E-state index in [2.05, 4.69) is 20.9 Å². The molecular formula is C18H26N4O2. The lowest BCUT2D eigenvalue weighted by Gasteiger charge is -2.27. The molecule has 1 amide bonds. The summed E-state index contributed by atoms with van der Waals surface area (Å²) in [6.45, 7) is 6.71. The Morgan fingerprint density at radius 3 is 3.04 bits per heavy atom. The van der Waals surface area contributed by atoms with Crippen LogP contribution in [0.2, 0.25) is 0 Å². The van der Waals surface area contributed by atoms with Crippen LogP contribution in [0.5, 0.6) is 0 Å². The van der Waals surface area contributed by atoms with Crippen LogP contribution in [0.25, 0.3) is 11.0 Å². The lowest BCUT2D eigenvalue weighted by molar-refractivity contribution is -0.116. The van der Waals surface area contributed by atoms with Gasteiger partial charge in [-0.15, -0.1) is 0 Å². The first-order valence-electron chi connectivity index (χ1n) is 8.71. The third-order valence-electron chi connectivity index (χ3n) is 4.42. The Morgan fingerprint density at radius 1 is 1.38 bits per heavy atom. The van der Waals surface area contributed by atoms with Gasteiger partial charge in [0.1, 0.15) is 5.82 Å². The van der Waals surface area contributed by atoms with Gasteiger partial charge in [0.05, 0.1) is 17.6 Å². The summed E-state index contributed by atoms with van der Waals surface area (Å²) in [4.78, 5) is 19.0. The Labute approximate surface area is 142 Å². The lowest BCUT2D eigenvalue weighted by Crippen LogP contribution is -2.34. The monoisotopic (exact) mass is 330 g/mol. The number of hydrogen-bond acceptors (Lipinski definition) is 4. The van der Waals surface area contributed by atoms with E-state index in [-0.39, 0.29) is 5.91 Å². The Hall–Kier alpha value is -1.92. The fraction of sp³-hybridized carbons (Fsp3) is 0.556. The molecule has 1 aliphatic rings. The number of imidazole rings is 1. The summed E-state index contributed by atoms with van der Waals surface area (Å²) in [7, 11) is 1.74. The van der Waals surface area contributed by atoms with Gasteiger partial charge in [-0.2, -0.15) is 0 Å². The van der Waals surface area contributed by atoms with Crippen molar-refractivity contribution in [2.75, 3.05) is 32.1 Å². The molecule has 0 saturated carbocycles. The molecule has 0 saturated heterocycles. The molecule has 130 valence electrons. The largest absolute Gasteiger partial charge is 0.385 e. The molecule has 1 aromatic carbocycles. The number of carbonyl (C=O) groups excluding carboxylic acids is 1. The number of ether oxygens (including phenoxy) is 1. The van der Waals surface area contributed by atoms with Gasteiger partial charge in [0.2, 0.25) is 5.91 Å². The maximum atomic E-state index is 11.8. The van der Waals surface area contributed by atoms with Gasteiger partial charge in [0, 0.05) is 45.5 Å². The Balaban J connectivity index is 1.73. The van der Waals surface area contributed by atoms with Crippen LogP contribution in [0.3, 0.4) is 0 Å². The van der Waals surface area contributed by atoms with Gasteiger partial charge >= 0.3 is 0 Å². The van der Waals surface area contributed by atoms with Crippen molar-refractivity contribution >= 4 is 22.6 Å². The van der Waals surface area contributed by atoms with E-state index in [0.717, 1.165) is 68.2 Å². The van der Waals surface area contributed by atoms with Crippen molar-refractivity contribution in [3.63, 3.8) is 0 Å². The summed E-state index contributed by atoms with van der Waals surface area (Å²) >= 11 is 0. The van der Waals surface area contributed by atoms with Crippen molar-refractivity contribution in [2.24, 2.45) is 0 Å². The predicted octanol–water partition coefficient (Wildman–Crippen LogP) is 2.63. The number of rotatable bonds is 7. The molecule has 2 aromatic rings. The van der Waals surface area contributed by atoms with Crippen molar-refractivity contribution in [1.82, 2.24) is 14.5 Å². The smallest absolute Gasteiger partial charge is 0.224 e. The number of hydrogen-bond donors (Lipinski definition) is 1. The van der Waals surface area contributed by atoms with Crippen LogP contribution in [-0.4, -0.2) is 47.2 Å². The number of nitrogens with zero attached hydrogens (tertiary/aromatic N) is 3. The Bertz CT molecular complexity index is 710. The summed E-state index contributed by atoms with van der Waals surface area (Å²) < 4.78 is 7.42. The first-order chi connectivity index (χ1) is 11.7. The number of carbonyl (C=O) groups is 1. The van der Waals surface area contributed by atoms with Crippen molar-refractivity contribution in [1.29, 1.82) is 0 Å². The van der Waals surface area contributed by atoms with Crippen LogP contribution in [0.15, 0.2) is 18.2 Å². The highest BCUT2D eigenvalue weighted by molar-refractivity contribution is 5.93. The third-order valence-corrected chi connectivity index (χ3v) is 4.42.